The van der Waals surface area contributed by atoms with E-state index in [9.17, 15) is 4.79 Å². The number of rotatable bonds is 6. The topological polar surface area (TPSA) is 60.5 Å². The minimum absolute atomic E-state index is 0.166. The van der Waals surface area contributed by atoms with Crippen LogP contribution in [0.5, 0.6) is 11.5 Å². The fourth-order valence-corrected chi connectivity index (χ4v) is 3.22. The van der Waals surface area contributed by atoms with E-state index in [1.54, 1.807) is 19.2 Å². The molecule has 0 unspecified atom stereocenters. The third-order valence-corrected chi connectivity index (χ3v) is 4.40. The molecule has 1 aromatic heterocycles. The molecule has 0 aliphatic heterocycles. The summed E-state index contributed by atoms with van der Waals surface area (Å²) in [6.07, 6.45) is 0. The van der Waals surface area contributed by atoms with E-state index in [0.29, 0.717) is 35.2 Å². The van der Waals surface area contributed by atoms with Crippen LogP contribution >= 0.6 is 11.6 Å². The third-order valence-electron chi connectivity index (χ3n) is 4.12. The number of carbonyl (C=O) groups excluding carboxylic acids is 1. The summed E-state index contributed by atoms with van der Waals surface area (Å²) < 4.78 is 10.9. The summed E-state index contributed by atoms with van der Waals surface area (Å²) in [5.41, 5.74) is 3.02. The third kappa shape index (κ3) is 4.14. The Bertz CT molecular complexity index is 989. The van der Waals surface area contributed by atoms with Crippen LogP contribution in [0.1, 0.15) is 28.5 Å². The Morgan fingerprint density at radius 3 is 2.74 bits per heavy atom. The van der Waals surface area contributed by atoms with Crippen molar-refractivity contribution in [2.75, 3.05) is 13.7 Å². The lowest BCUT2D eigenvalue weighted by atomic mass is 10.1. The normalized spacial score (nSPS) is 10.7. The number of nitrogens with one attached hydrogen (secondary N) is 1. The Hall–Kier alpha value is -2.79. The number of aromatic nitrogens is 1. The zero-order valence-corrected chi connectivity index (χ0v) is 16.3. The number of halogens is 1. The van der Waals surface area contributed by atoms with E-state index >= 15 is 0 Å². The van der Waals surface area contributed by atoms with E-state index in [0.717, 1.165) is 22.2 Å². The van der Waals surface area contributed by atoms with Crippen molar-refractivity contribution in [3.05, 3.63) is 64.3 Å². The summed E-state index contributed by atoms with van der Waals surface area (Å²) in [6, 6.07) is 13.0. The zero-order valence-electron chi connectivity index (χ0n) is 15.5. The van der Waals surface area contributed by atoms with Crippen molar-refractivity contribution in [3.63, 3.8) is 0 Å². The maximum atomic E-state index is 12.8. The minimum Gasteiger partial charge on any atom is -0.493 e. The molecule has 1 heterocycles. The molecule has 0 aliphatic carbocycles. The number of pyridine rings is 1. The minimum atomic E-state index is -0.166. The van der Waals surface area contributed by atoms with E-state index in [4.69, 9.17) is 21.1 Å². The van der Waals surface area contributed by atoms with Gasteiger partial charge in [-0.15, -0.1) is 0 Å². The van der Waals surface area contributed by atoms with Crippen LogP contribution in [0.4, 0.5) is 0 Å². The van der Waals surface area contributed by atoms with Gasteiger partial charge in [0.25, 0.3) is 5.91 Å². The molecule has 0 aliphatic rings. The number of methoxy groups -OCH3 is 1. The van der Waals surface area contributed by atoms with Crippen LogP contribution in [0, 0.1) is 6.92 Å². The SMILES string of the molecule is CCOc1c(Cl)cc(CNC(=O)c2cc(C)nc3ccccc23)cc1OC. The number of para-hydroxylation sites is 1. The monoisotopic (exact) mass is 384 g/mol. The molecule has 0 saturated heterocycles. The molecule has 0 fully saturated rings. The number of benzene rings is 2. The molecule has 1 amide bonds. The highest BCUT2D eigenvalue weighted by Gasteiger charge is 2.14. The van der Waals surface area contributed by atoms with E-state index in [1.807, 2.05) is 44.2 Å². The van der Waals surface area contributed by atoms with Gasteiger partial charge in [-0.2, -0.15) is 0 Å². The fourth-order valence-electron chi connectivity index (χ4n) is 2.93. The Labute approximate surface area is 163 Å². The van der Waals surface area contributed by atoms with E-state index in [2.05, 4.69) is 10.3 Å². The van der Waals surface area contributed by atoms with E-state index < -0.39 is 0 Å². The molecule has 6 heteroatoms. The Morgan fingerprint density at radius 2 is 2.00 bits per heavy atom. The number of ether oxygens (including phenoxy) is 2. The van der Waals surface area contributed by atoms with Gasteiger partial charge in [-0.05, 0) is 43.7 Å². The summed E-state index contributed by atoms with van der Waals surface area (Å²) in [4.78, 5) is 17.2. The number of fused-ring (bicyclic) bond motifs is 1. The standard InChI is InChI=1S/C21H21ClN2O3/c1-4-27-20-17(22)10-14(11-19(20)26-3)12-23-21(25)16-9-13(2)24-18-8-6-5-7-15(16)18/h5-11H,4,12H2,1-3H3,(H,23,25). The van der Waals surface area contributed by atoms with Crippen molar-refractivity contribution < 1.29 is 14.3 Å². The maximum Gasteiger partial charge on any atom is 0.252 e. The van der Waals surface area contributed by atoms with Crippen LogP contribution in [-0.4, -0.2) is 24.6 Å². The lowest BCUT2D eigenvalue weighted by Crippen LogP contribution is -2.23. The average Bonchev–Trinajstić information content (AvgIpc) is 2.67. The predicted molar refractivity (Wildman–Crippen MR) is 107 cm³/mol. The van der Waals surface area contributed by atoms with Gasteiger partial charge in [0.15, 0.2) is 11.5 Å². The second-order valence-electron chi connectivity index (χ2n) is 6.05. The number of hydrogen-bond donors (Lipinski definition) is 1. The summed E-state index contributed by atoms with van der Waals surface area (Å²) in [6.45, 7) is 4.56. The molecular weight excluding hydrogens is 364 g/mol. The summed E-state index contributed by atoms with van der Waals surface area (Å²) in [5, 5.41) is 4.21. The molecule has 140 valence electrons. The van der Waals surface area contributed by atoms with Gasteiger partial charge in [-0.25, -0.2) is 0 Å². The lowest BCUT2D eigenvalue weighted by Gasteiger charge is -2.14. The van der Waals surface area contributed by atoms with Gasteiger partial charge in [0.05, 0.1) is 29.8 Å². The van der Waals surface area contributed by atoms with E-state index in [1.165, 1.54) is 0 Å². The molecule has 5 nitrogen and oxygen atoms in total. The molecule has 2 aromatic carbocycles. The smallest absolute Gasteiger partial charge is 0.252 e. The highest BCUT2D eigenvalue weighted by atomic mass is 35.5. The Kier molecular flexibility index (Phi) is 5.81. The van der Waals surface area contributed by atoms with Crippen molar-refractivity contribution >= 4 is 28.4 Å². The second kappa shape index (κ2) is 8.27. The first-order valence-electron chi connectivity index (χ1n) is 8.67. The summed E-state index contributed by atoms with van der Waals surface area (Å²) in [5.74, 6) is 0.881. The van der Waals surface area contributed by atoms with Gasteiger partial charge in [0.2, 0.25) is 0 Å². The number of carbonyl (C=O) groups is 1. The number of hydrogen-bond acceptors (Lipinski definition) is 4. The molecule has 0 spiro atoms. The first-order valence-corrected chi connectivity index (χ1v) is 9.05. The quantitative estimate of drug-likeness (QED) is 0.678. The van der Waals surface area contributed by atoms with Crippen LogP contribution in [0.25, 0.3) is 10.9 Å². The lowest BCUT2D eigenvalue weighted by molar-refractivity contribution is 0.0952. The van der Waals surface area contributed by atoms with Crippen molar-refractivity contribution in [2.45, 2.75) is 20.4 Å². The first-order chi connectivity index (χ1) is 13.0. The molecule has 1 N–H and O–H groups in total. The molecule has 0 bridgehead atoms. The Morgan fingerprint density at radius 1 is 1.22 bits per heavy atom. The van der Waals surface area contributed by atoms with Crippen LogP contribution in [0.15, 0.2) is 42.5 Å². The van der Waals surface area contributed by atoms with Crippen molar-refractivity contribution in [2.24, 2.45) is 0 Å². The van der Waals surface area contributed by atoms with Crippen molar-refractivity contribution in [1.82, 2.24) is 10.3 Å². The van der Waals surface area contributed by atoms with Gasteiger partial charge in [0.1, 0.15) is 0 Å². The average molecular weight is 385 g/mol. The van der Waals surface area contributed by atoms with Gasteiger partial charge in [-0.1, -0.05) is 29.8 Å². The molecular formula is C21H21ClN2O3. The summed E-state index contributed by atoms with van der Waals surface area (Å²) >= 11 is 6.30. The molecule has 0 saturated carbocycles. The zero-order chi connectivity index (χ0) is 19.4. The van der Waals surface area contributed by atoms with Gasteiger partial charge >= 0.3 is 0 Å². The highest BCUT2D eigenvalue weighted by molar-refractivity contribution is 6.32. The molecule has 3 rings (SSSR count). The van der Waals surface area contributed by atoms with Crippen LogP contribution in [0.2, 0.25) is 5.02 Å². The van der Waals surface area contributed by atoms with Crippen LogP contribution in [-0.2, 0) is 6.54 Å². The van der Waals surface area contributed by atoms with Crippen molar-refractivity contribution in [1.29, 1.82) is 0 Å². The van der Waals surface area contributed by atoms with Gasteiger partial charge in [-0.3, -0.25) is 9.78 Å². The Balaban J connectivity index is 1.83. The second-order valence-corrected chi connectivity index (χ2v) is 6.46. The first kappa shape index (κ1) is 19.0. The summed E-state index contributed by atoms with van der Waals surface area (Å²) in [7, 11) is 1.56. The molecule has 27 heavy (non-hydrogen) atoms. The van der Waals surface area contributed by atoms with Gasteiger partial charge in [0, 0.05) is 17.6 Å². The van der Waals surface area contributed by atoms with E-state index in [-0.39, 0.29) is 5.91 Å². The number of aryl methyl sites for hydroxylation is 1. The van der Waals surface area contributed by atoms with Crippen LogP contribution in [0.3, 0.4) is 0 Å². The predicted octanol–water partition coefficient (Wildman–Crippen LogP) is 4.53. The van der Waals surface area contributed by atoms with Crippen molar-refractivity contribution in [3.8, 4) is 11.5 Å². The fraction of sp³-hybridized carbons (Fsp3) is 0.238. The van der Waals surface area contributed by atoms with Crippen LogP contribution < -0.4 is 14.8 Å². The molecule has 3 aromatic rings. The molecule has 0 radical (unpaired) electrons. The largest absolute Gasteiger partial charge is 0.493 e. The number of amides is 1. The maximum absolute atomic E-state index is 12.8. The molecule has 0 atom stereocenters. The highest BCUT2D eigenvalue weighted by Crippen LogP contribution is 2.36. The number of nitrogens with zero attached hydrogens (tertiary/aromatic N) is 1. The van der Waals surface area contributed by atoms with Gasteiger partial charge < -0.3 is 14.8 Å².